The Labute approximate surface area is 205 Å². The van der Waals surface area contributed by atoms with E-state index in [1.54, 1.807) is 20.8 Å². The summed E-state index contributed by atoms with van der Waals surface area (Å²) in [4.78, 5) is 50.6. The molecule has 9 heteroatoms. The van der Waals surface area contributed by atoms with Crippen molar-refractivity contribution in [2.24, 2.45) is 5.92 Å². The Morgan fingerprint density at radius 1 is 1.15 bits per heavy atom. The number of amides is 2. The number of hydrogen-bond acceptors (Lipinski definition) is 7. The predicted molar refractivity (Wildman–Crippen MR) is 131 cm³/mol. The molecule has 188 valence electrons. The van der Waals surface area contributed by atoms with Crippen LogP contribution in [0.3, 0.4) is 0 Å². The van der Waals surface area contributed by atoms with E-state index in [9.17, 15) is 19.2 Å². The van der Waals surface area contributed by atoms with Crippen molar-refractivity contribution in [2.45, 2.75) is 70.2 Å². The maximum absolute atomic E-state index is 13.1. The van der Waals surface area contributed by atoms with Crippen LogP contribution in [0.15, 0.2) is 30.3 Å². The first kappa shape index (κ1) is 27.9. The Hall–Kier alpha value is -2.39. The second-order valence-corrected chi connectivity index (χ2v) is 10.2. The molecule has 8 nitrogen and oxygen atoms in total. The van der Waals surface area contributed by atoms with E-state index < -0.39 is 28.7 Å². The summed E-state index contributed by atoms with van der Waals surface area (Å²) in [5.41, 5.74) is -0.255. The molecular formula is C25H36N2O6S. The maximum Gasteiger partial charge on any atom is 0.328 e. The fraction of sp³-hybridized carbons (Fsp3) is 0.600. The van der Waals surface area contributed by atoms with Gasteiger partial charge in [0, 0.05) is 20.1 Å². The number of thioether (sulfide) groups is 1. The molecule has 0 radical (unpaired) electrons. The highest BCUT2D eigenvalue weighted by Crippen LogP contribution is 2.29. The van der Waals surface area contributed by atoms with E-state index in [-0.39, 0.29) is 23.5 Å². The van der Waals surface area contributed by atoms with Crippen LogP contribution in [0.5, 0.6) is 0 Å². The molecule has 1 aromatic carbocycles. The highest BCUT2D eigenvalue weighted by Gasteiger charge is 2.38. The third kappa shape index (κ3) is 8.76. The van der Waals surface area contributed by atoms with Crippen LogP contribution in [-0.2, 0) is 35.1 Å². The lowest BCUT2D eigenvalue weighted by Gasteiger charge is -2.32. The van der Waals surface area contributed by atoms with Crippen LogP contribution in [0.4, 0.5) is 0 Å². The van der Waals surface area contributed by atoms with Crippen molar-refractivity contribution in [3.63, 3.8) is 0 Å². The van der Waals surface area contributed by atoms with E-state index in [0.29, 0.717) is 38.9 Å². The van der Waals surface area contributed by atoms with Gasteiger partial charge in [-0.2, -0.15) is 0 Å². The number of carbonyl (C=O) groups excluding carboxylic acids is 4. The molecule has 1 aliphatic rings. The lowest BCUT2D eigenvalue weighted by molar-refractivity contribution is -0.148. The Morgan fingerprint density at radius 2 is 1.79 bits per heavy atom. The van der Waals surface area contributed by atoms with Crippen molar-refractivity contribution in [1.82, 2.24) is 10.6 Å². The summed E-state index contributed by atoms with van der Waals surface area (Å²) in [5.74, 6) is -1.39. The van der Waals surface area contributed by atoms with Gasteiger partial charge in [-0.05, 0) is 57.9 Å². The number of ether oxygens (including phenoxy) is 2. The molecule has 2 N–H and O–H groups in total. The fourth-order valence-corrected chi connectivity index (χ4v) is 4.77. The first-order chi connectivity index (χ1) is 16.1. The van der Waals surface area contributed by atoms with E-state index in [2.05, 4.69) is 10.6 Å². The first-order valence-corrected chi connectivity index (χ1v) is 12.6. The van der Waals surface area contributed by atoms with Crippen LogP contribution >= 0.6 is 11.8 Å². The first-order valence-electron chi connectivity index (χ1n) is 11.7. The van der Waals surface area contributed by atoms with Crippen molar-refractivity contribution in [2.75, 3.05) is 19.8 Å². The van der Waals surface area contributed by atoms with E-state index in [4.69, 9.17) is 9.47 Å². The highest BCUT2D eigenvalue weighted by molar-refractivity contribution is 8.14. The molecule has 0 bridgehead atoms. The molecule has 1 heterocycles. The Bertz CT molecular complexity index is 839. The number of rotatable bonds is 11. The molecule has 0 saturated carbocycles. The summed E-state index contributed by atoms with van der Waals surface area (Å²) >= 11 is 0.985. The number of benzene rings is 1. The number of hydrogen-bond donors (Lipinski definition) is 2. The molecule has 2 rings (SSSR count). The zero-order chi connectivity index (χ0) is 25.1. The van der Waals surface area contributed by atoms with E-state index in [0.717, 1.165) is 17.3 Å². The topological polar surface area (TPSA) is 111 Å². The summed E-state index contributed by atoms with van der Waals surface area (Å²) in [6, 6.07) is 8.81. The van der Waals surface area contributed by atoms with Crippen molar-refractivity contribution in [1.29, 1.82) is 0 Å². The largest absolute Gasteiger partial charge is 0.464 e. The molecule has 1 aliphatic heterocycles. The van der Waals surface area contributed by atoms with Gasteiger partial charge in [-0.15, -0.1) is 0 Å². The van der Waals surface area contributed by atoms with Gasteiger partial charge in [-0.3, -0.25) is 14.4 Å². The third-order valence-electron chi connectivity index (χ3n) is 5.69. The molecule has 2 amide bonds. The summed E-state index contributed by atoms with van der Waals surface area (Å²) in [6.45, 7) is 7.59. The van der Waals surface area contributed by atoms with Crippen molar-refractivity contribution in [3.8, 4) is 0 Å². The SMILES string of the molecule is CCOC(=O)[C@H](CCc1ccccc1)NC(=O)C(C)(C)NC(=O)[C@@H](SC(C)=O)C1CCOCC1. The number of aryl methyl sites for hydroxylation is 1. The van der Waals surface area contributed by atoms with Crippen LogP contribution in [0.2, 0.25) is 0 Å². The minimum absolute atomic E-state index is 0.0142. The Morgan fingerprint density at radius 3 is 2.38 bits per heavy atom. The molecule has 1 aromatic rings. The van der Waals surface area contributed by atoms with Gasteiger partial charge in [0.05, 0.1) is 11.9 Å². The summed E-state index contributed by atoms with van der Waals surface area (Å²) < 4.78 is 10.5. The van der Waals surface area contributed by atoms with Crippen LogP contribution in [0, 0.1) is 5.92 Å². The predicted octanol–water partition coefficient (Wildman–Crippen LogP) is 2.64. The number of carbonyl (C=O) groups is 4. The molecule has 1 fully saturated rings. The smallest absolute Gasteiger partial charge is 0.328 e. The Balaban J connectivity index is 2.07. The summed E-state index contributed by atoms with van der Waals surface area (Å²) in [7, 11) is 0. The fourth-order valence-electron chi connectivity index (χ4n) is 3.78. The molecule has 34 heavy (non-hydrogen) atoms. The second kappa shape index (κ2) is 13.5. The molecule has 0 aliphatic carbocycles. The third-order valence-corrected chi connectivity index (χ3v) is 6.87. The summed E-state index contributed by atoms with van der Waals surface area (Å²) in [5, 5.41) is 4.79. The highest BCUT2D eigenvalue weighted by atomic mass is 32.2. The average molecular weight is 493 g/mol. The van der Waals surface area contributed by atoms with Crippen LogP contribution < -0.4 is 10.6 Å². The van der Waals surface area contributed by atoms with Crippen LogP contribution in [0.25, 0.3) is 0 Å². The van der Waals surface area contributed by atoms with Crippen molar-refractivity contribution >= 4 is 34.7 Å². The average Bonchev–Trinajstić information content (AvgIpc) is 2.80. The monoisotopic (exact) mass is 492 g/mol. The Kier molecular flexibility index (Phi) is 11.0. The van der Waals surface area contributed by atoms with Gasteiger partial charge in [0.15, 0.2) is 5.12 Å². The van der Waals surface area contributed by atoms with Gasteiger partial charge < -0.3 is 20.1 Å². The minimum Gasteiger partial charge on any atom is -0.464 e. The second-order valence-electron chi connectivity index (χ2n) is 8.90. The zero-order valence-corrected chi connectivity index (χ0v) is 21.2. The quantitative estimate of drug-likeness (QED) is 0.457. The molecule has 1 saturated heterocycles. The minimum atomic E-state index is -1.30. The standard InChI is InChI=1S/C25H36N2O6S/c1-5-33-23(30)20(12-11-18-9-7-6-8-10-18)26-24(31)25(3,4)27-22(29)21(34-17(2)28)19-13-15-32-16-14-19/h6-10,19-21H,5,11-16H2,1-4H3,(H,26,31)(H,27,29)/t20-,21-/m0/s1. The molecular weight excluding hydrogens is 456 g/mol. The van der Waals surface area contributed by atoms with Crippen molar-refractivity contribution in [3.05, 3.63) is 35.9 Å². The van der Waals surface area contributed by atoms with E-state index >= 15 is 0 Å². The lowest BCUT2D eigenvalue weighted by atomic mass is 9.94. The van der Waals surface area contributed by atoms with Gasteiger partial charge in [0.25, 0.3) is 0 Å². The zero-order valence-electron chi connectivity index (χ0n) is 20.4. The lowest BCUT2D eigenvalue weighted by Crippen LogP contribution is -2.60. The maximum atomic E-state index is 13.1. The molecule has 0 aromatic heterocycles. The molecule has 0 unspecified atom stereocenters. The summed E-state index contributed by atoms with van der Waals surface area (Å²) in [6.07, 6.45) is 2.30. The van der Waals surface area contributed by atoms with E-state index in [1.807, 2.05) is 30.3 Å². The molecule has 0 spiro atoms. The number of nitrogens with one attached hydrogen (secondary N) is 2. The number of esters is 1. The van der Waals surface area contributed by atoms with Gasteiger partial charge in [0.2, 0.25) is 11.8 Å². The van der Waals surface area contributed by atoms with Gasteiger partial charge in [-0.1, -0.05) is 42.1 Å². The normalized spacial score (nSPS) is 16.2. The van der Waals surface area contributed by atoms with Crippen molar-refractivity contribution < 1.29 is 28.7 Å². The molecule has 2 atom stereocenters. The van der Waals surface area contributed by atoms with Gasteiger partial charge in [-0.25, -0.2) is 4.79 Å². The van der Waals surface area contributed by atoms with Crippen LogP contribution in [0.1, 0.15) is 52.5 Å². The van der Waals surface area contributed by atoms with Gasteiger partial charge in [0.1, 0.15) is 11.6 Å². The van der Waals surface area contributed by atoms with Gasteiger partial charge >= 0.3 is 5.97 Å². The van der Waals surface area contributed by atoms with Crippen LogP contribution in [-0.4, -0.2) is 59.6 Å². The van der Waals surface area contributed by atoms with E-state index in [1.165, 1.54) is 6.92 Å².